The molecule has 0 unspecified atom stereocenters. The number of pyridine rings is 1. The molecule has 7 nitrogen and oxygen atoms in total. The molecule has 0 fully saturated rings. The highest BCUT2D eigenvalue weighted by Crippen LogP contribution is 2.25. The molecule has 186 valence electrons. The maximum Gasteiger partial charge on any atom is 0.315 e. The summed E-state index contributed by atoms with van der Waals surface area (Å²) in [6, 6.07) is 17.8. The van der Waals surface area contributed by atoms with E-state index < -0.39 is 6.03 Å². The molecule has 3 aromatic rings. The molecule has 8 heteroatoms. The molecule has 3 N–H and O–H groups in total. The minimum Gasteiger partial charge on any atom is -0.457 e. The first kappa shape index (κ1) is 27.3. The number of amides is 3. The van der Waals surface area contributed by atoms with Crippen molar-refractivity contribution in [2.24, 2.45) is 5.92 Å². The predicted molar refractivity (Wildman–Crippen MR) is 137 cm³/mol. The van der Waals surface area contributed by atoms with Crippen molar-refractivity contribution in [3.8, 4) is 22.8 Å². The van der Waals surface area contributed by atoms with Crippen LogP contribution in [-0.2, 0) is 4.79 Å². The largest absolute Gasteiger partial charge is 0.457 e. The number of rotatable bonds is 7. The van der Waals surface area contributed by atoms with E-state index in [0.29, 0.717) is 23.0 Å². The lowest BCUT2D eigenvalue weighted by atomic mass is 10.1. The minimum absolute atomic E-state index is 0.0195. The third-order valence-corrected chi connectivity index (χ3v) is 4.05. The van der Waals surface area contributed by atoms with Crippen molar-refractivity contribution in [1.82, 2.24) is 15.6 Å². The quantitative estimate of drug-likeness (QED) is 0.387. The van der Waals surface area contributed by atoms with Gasteiger partial charge in [-0.1, -0.05) is 26.8 Å². The fourth-order valence-corrected chi connectivity index (χ4v) is 2.66. The van der Waals surface area contributed by atoms with Crippen LogP contribution in [0.5, 0.6) is 11.5 Å². The number of aromatic nitrogens is 1. The number of ether oxygens (including phenoxy) is 1. The Morgan fingerprint density at radius 1 is 0.886 bits per heavy atom. The second kappa shape index (κ2) is 13.7. The molecule has 0 aliphatic heterocycles. The summed E-state index contributed by atoms with van der Waals surface area (Å²) in [6.45, 7) is 9.99. The smallest absolute Gasteiger partial charge is 0.315 e. The molecule has 0 aliphatic rings. The van der Waals surface area contributed by atoms with E-state index >= 15 is 0 Å². The molecule has 0 atom stereocenters. The van der Waals surface area contributed by atoms with E-state index in [1.807, 2.05) is 32.0 Å². The Morgan fingerprint density at radius 3 is 2.03 bits per heavy atom. The van der Waals surface area contributed by atoms with E-state index in [9.17, 15) is 14.0 Å². The standard InChI is InChI=1S/C23H23FN4O3.C4H10/c1-15(2)26-23(30)25-14-22(29)28-21-5-3-4-20(27-21)16-6-10-18(11-7-16)31-19-12-8-17(24)9-13-19;1-4(2)3/h3-13,15H,14H2,1-2H3,(H2,25,26,30)(H,27,28,29);4H,1-3H3. The molecule has 35 heavy (non-hydrogen) atoms. The maximum absolute atomic E-state index is 13.0. The maximum atomic E-state index is 13.0. The zero-order valence-electron chi connectivity index (χ0n) is 20.8. The van der Waals surface area contributed by atoms with Crippen molar-refractivity contribution in [2.45, 2.75) is 40.7 Å². The van der Waals surface area contributed by atoms with Crippen molar-refractivity contribution in [3.63, 3.8) is 0 Å². The van der Waals surface area contributed by atoms with Crippen LogP contribution in [-0.4, -0.2) is 29.5 Å². The van der Waals surface area contributed by atoms with Gasteiger partial charge in [0.2, 0.25) is 5.91 Å². The van der Waals surface area contributed by atoms with Crippen LogP contribution in [0.1, 0.15) is 34.6 Å². The normalized spacial score (nSPS) is 10.3. The molecule has 0 aliphatic carbocycles. The number of halogens is 1. The van der Waals surface area contributed by atoms with Gasteiger partial charge in [0.15, 0.2) is 0 Å². The minimum atomic E-state index is -0.408. The average molecular weight is 481 g/mol. The first-order valence-corrected chi connectivity index (χ1v) is 11.5. The molecule has 3 rings (SSSR count). The van der Waals surface area contributed by atoms with Crippen LogP contribution in [0.25, 0.3) is 11.3 Å². The summed E-state index contributed by atoms with van der Waals surface area (Å²) < 4.78 is 18.7. The van der Waals surface area contributed by atoms with Gasteiger partial charge in [-0.2, -0.15) is 0 Å². The van der Waals surface area contributed by atoms with Gasteiger partial charge in [-0.15, -0.1) is 0 Å². The molecule has 2 aromatic carbocycles. The molecule has 0 spiro atoms. The second-order valence-electron chi connectivity index (χ2n) is 8.75. The van der Waals surface area contributed by atoms with Crippen LogP contribution < -0.4 is 20.7 Å². The topological polar surface area (TPSA) is 92.4 Å². The van der Waals surface area contributed by atoms with Crippen LogP contribution in [0.2, 0.25) is 0 Å². The summed E-state index contributed by atoms with van der Waals surface area (Å²) in [4.78, 5) is 28.1. The number of urea groups is 1. The lowest BCUT2D eigenvalue weighted by molar-refractivity contribution is -0.115. The third kappa shape index (κ3) is 10.7. The third-order valence-electron chi connectivity index (χ3n) is 4.05. The fourth-order valence-electron chi connectivity index (χ4n) is 2.66. The van der Waals surface area contributed by atoms with Gasteiger partial charge in [0.1, 0.15) is 23.1 Å². The number of carbonyl (C=O) groups excluding carboxylic acids is 2. The van der Waals surface area contributed by atoms with Gasteiger partial charge < -0.3 is 20.7 Å². The molecule has 3 amide bonds. The summed E-state index contributed by atoms with van der Waals surface area (Å²) in [5, 5.41) is 7.79. The Labute approximate surface area is 206 Å². The van der Waals surface area contributed by atoms with Gasteiger partial charge in [0.05, 0.1) is 12.2 Å². The van der Waals surface area contributed by atoms with E-state index in [2.05, 4.69) is 41.7 Å². The van der Waals surface area contributed by atoms with Crippen molar-refractivity contribution >= 4 is 17.8 Å². The highest BCUT2D eigenvalue weighted by atomic mass is 19.1. The highest BCUT2D eigenvalue weighted by Gasteiger charge is 2.08. The van der Waals surface area contributed by atoms with Gasteiger partial charge >= 0.3 is 6.03 Å². The highest BCUT2D eigenvalue weighted by molar-refractivity contribution is 5.93. The van der Waals surface area contributed by atoms with E-state index in [0.717, 1.165) is 11.5 Å². The number of nitrogens with zero attached hydrogens (tertiary/aromatic N) is 1. The number of nitrogens with one attached hydrogen (secondary N) is 3. The summed E-state index contributed by atoms with van der Waals surface area (Å²) in [7, 11) is 0. The van der Waals surface area contributed by atoms with Crippen LogP contribution in [0.3, 0.4) is 0 Å². The van der Waals surface area contributed by atoms with Crippen LogP contribution in [0.15, 0.2) is 66.7 Å². The second-order valence-corrected chi connectivity index (χ2v) is 8.75. The molecule has 1 aromatic heterocycles. The zero-order chi connectivity index (χ0) is 25.8. The fraction of sp³-hybridized carbons (Fsp3) is 0.296. The van der Waals surface area contributed by atoms with Crippen molar-refractivity contribution in [1.29, 1.82) is 0 Å². The van der Waals surface area contributed by atoms with Gasteiger partial charge in [-0.25, -0.2) is 14.2 Å². The molecular weight excluding hydrogens is 447 g/mol. The van der Waals surface area contributed by atoms with Gasteiger partial charge in [-0.05, 0) is 80.4 Å². The van der Waals surface area contributed by atoms with Crippen molar-refractivity contribution in [3.05, 3.63) is 72.5 Å². The van der Waals surface area contributed by atoms with E-state index in [1.165, 1.54) is 12.1 Å². The summed E-state index contributed by atoms with van der Waals surface area (Å²) in [5.41, 5.74) is 1.49. The molecule has 0 saturated heterocycles. The molecule has 0 saturated carbocycles. The lowest BCUT2D eigenvalue weighted by Crippen LogP contribution is -2.42. The Bertz CT molecular complexity index is 1080. The van der Waals surface area contributed by atoms with E-state index in [4.69, 9.17) is 4.74 Å². The number of hydrogen-bond donors (Lipinski definition) is 3. The SMILES string of the molecule is CC(C)C.CC(C)NC(=O)NCC(=O)Nc1cccc(-c2ccc(Oc3ccc(F)cc3)cc2)n1. The van der Waals surface area contributed by atoms with E-state index in [-0.39, 0.29) is 24.3 Å². The van der Waals surface area contributed by atoms with Gasteiger partial charge in [0.25, 0.3) is 0 Å². The van der Waals surface area contributed by atoms with Crippen LogP contribution in [0, 0.1) is 11.7 Å². The van der Waals surface area contributed by atoms with Crippen molar-refractivity contribution < 1.29 is 18.7 Å². The molecule has 1 heterocycles. The number of carbonyl (C=O) groups is 2. The number of hydrogen-bond acceptors (Lipinski definition) is 4. The number of anilines is 1. The summed E-state index contributed by atoms with van der Waals surface area (Å²) in [6.07, 6.45) is 0. The molecular formula is C27H33FN4O3. The molecule has 0 bridgehead atoms. The first-order valence-electron chi connectivity index (χ1n) is 11.5. The first-order chi connectivity index (χ1) is 16.6. The monoisotopic (exact) mass is 480 g/mol. The average Bonchev–Trinajstić information content (AvgIpc) is 2.79. The zero-order valence-corrected chi connectivity index (χ0v) is 20.8. The summed E-state index contributed by atoms with van der Waals surface area (Å²) in [5.74, 6) is 1.64. The van der Waals surface area contributed by atoms with Crippen molar-refractivity contribution in [2.75, 3.05) is 11.9 Å². The molecule has 0 radical (unpaired) electrons. The van der Waals surface area contributed by atoms with E-state index in [1.54, 1.807) is 36.4 Å². The summed E-state index contributed by atoms with van der Waals surface area (Å²) >= 11 is 0. The van der Waals surface area contributed by atoms with Crippen LogP contribution >= 0.6 is 0 Å². The Morgan fingerprint density at radius 2 is 1.46 bits per heavy atom. The lowest BCUT2D eigenvalue weighted by Gasteiger charge is -2.11. The Kier molecular flexibility index (Phi) is 10.7. The van der Waals surface area contributed by atoms with Gasteiger partial charge in [-0.3, -0.25) is 4.79 Å². The number of benzene rings is 2. The Hall–Kier alpha value is -3.94. The van der Waals surface area contributed by atoms with Gasteiger partial charge in [0, 0.05) is 11.6 Å². The predicted octanol–water partition coefficient (Wildman–Crippen LogP) is 5.99. The van der Waals surface area contributed by atoms with Crippen LogP contribution in [0.4, 0.5) is 15.0 Å². The Balaban J connectivity index is 0.00000100.